The summed E-state index contributed by atoms with van der Waals surface area (Å²) in [5, 5.41) is 0. The Kier molecular flexibility index (Phi) is 6.81. The fourth-order valence-corrected chi connectivity index (χ4v) is 1.07. The molecular formula is C11H11F5O3. The Morgan fingerprint density at radius 2 is 1.47 bits per heavy atom. The second-order valence-electron chi connectivity index (χ2n) is 3.00. The lowest BCUT2D eigenvalue weighted by Gasteiger charge is -2.10. The van der Waals surface area contributed by atoms with Gasteiger partial charge in [-0.2, -0.15) is 4.39 Å². The second kappa shape index (κ2) is 7.55. The molecule has 1 aromatic rings. The third-order valence-electron chi connectivity index (χ3n) is 1.89. The Labute approximate surface area is 105 Å². The average Bonchev–Trinajstić information content (AvgIpc) is 2.42. The van der Waals surface area contributed by atoms with Crippen molar-refractivity contribution in [1.29, 1.82) is 0 Å². The van der Waals surface area contributed by atoms with E-state index in [2.05, 4.69) is 9.47 Å². The van der Waals surface area contributed by atoms with Gasteiger partial charge in [0.05, 0.1) is 13.8 Å². The number of rotatable bonds is 2. The summed E-state index contributed by atoms with van der Waals surface area (Å²) in [6, 6.07) is 0. The highest BCUT2D eigenvalue weighted by molar-refractivity contribution is 5.64. The SMILES string of the molecule is CCOC(=O)Oc1c(C)c(F)c(F)c(F)c1F.CF. The van der Waals surface area contributed by atoms with Crippen molar-refractivity contribution >= 4 is 6.16 Å². The highest BCUT2D eigenvalue weighted by Crippen LogP contribution is 2.29. The Morgan fingerprint density at radius 3 is 1.95 bits per heavy atom. The molecule has 0 aliphatic heterocycles. The maximum Gasteiger partial charge on any atom is 0.513 e. The van der Waals surface area contributed by atoms with Gasteiger partial charge in [-0.15, -0.1) is 0 Å². The van der Waals surface area contributed by atoms with E-state index in [0.29, 0.717) is 7.18 Å². The van der Waals surface area contributed by atoms with Crippen molar-refractivity contribution in [2.24, 2.45) is 0 Å². The Bertz CT molecular complexity index is 433. The lowest BCUT2D eigenvalue weighted by molar-refractivity contribution is 0.102. The minimum absolute atomic E-state index is 0.0638. The number of carbonyl (C=O) groups excluding carboxylic acids is 1. The summed E-state index contributed by atoms with van der Waals surface area (Å²) in [4.78, 5) is 10.9. The van der Waals surface area contributed by atoms with Gasteiger partial charge in [0.1, 0.15) is 0 Å². The molecule has 1 rings (SSSR count). The normalized spacial score (nSPS) is 9.47. The maximum absolute atomic E-state index is 13.2. The van der Waals surface area contributed by atoms with Crippen molar-refractivity contribution in [3.8, 4) is 5.75 Å². The molecule has 1 aromatic carbocycles. The first-order valence-corrected chi connectivity index (χ1v) is 4.95. The molecule has 0 unspecified atom stereocenters. The average molecular weight is 286 g/mol. The molecule has 0 bridgehead atoms. The predicted molar refractivity (Wildman–Crippen MR) is 55.7 cm³/mol. The van der Waals surface area contributed by atoms with Crippen LogP contribution >= 0.6 is 0 Å². The van der Waals surface area contributed by atoms with Gasteiger partial charge in [-0.25, -0.2) is 18.0 Å². The minimum Gasteiger partial charge on any atom is -0.434 e. The van der Waals surface area contributed by atoms with Crippen LogP contribution in [0.4, 0.5) is 26.7 Å². The van der Waals surface area contributed by atoms with Gasteiger partial charge in [-0.05, 0) is 13.8 Å². The molecule has 0 N–H and O–H groups in total. The Morgan fingerprint density at radius 1 is 1.00 bits per heavy atom. The van der Waals surface area contributed by atoms with Crippen LogP contribution in [-0.4, -0.2) is 19.9 Å². The van der Waals surface area contributed by atoms with Crippen LogP contribution in [0.25, 0.3) is 0 Å². The molecule has 0 aliphatic carbocycles. The lowest BCUT2D eigenvalue weighted by Crippen LogP contribution is -2.14. The van der Waals surface area contributed by atoms with Crippen molar-refractivity contribution in [1.82, 2.24) is 0 Å². The molecule has 0 amide bonds. The van der Waals surface area contributed by atoms with Crippen molar-refractivity contribution in [2.45, 2.75) is 13.8 Å². The third-order valence-corrected chi connectivity index (χ3v) is 1.89. The van der Waals surface area contributed by atoms with Gasteiger partial charge in [0.2, 0.25) is 11.6 Å². The molecule has 0 spiro atoms. The molecule has 0 saturated heterocycles. The number of hydrogen-bond acceptors (Lipinski definition) is 3. The summed E-state index contributed by atoms with van der Waals surface area (Å²) < 4.78 is 69.9. The molecule has 0 atom stereocenters. The van der Waals surface area contributed by atoms with Crippen molar-refractivity contribution in [3.63, 3.8) is 0 Å². The van der Waals surface area contributed by atoms with E-state index in [4.69, 9.17) is 0 Å². The highest BCUT2D eigenvalue weighted by Gasteiger charge is 2.26. The zero-order valence-electron chi connectivity index (χ0n) is 10.3. The van der Waals surface area contributed by atoms with Gasteiger partial charge in [-0.1, -0.05) is 0 Å². The molecule has 0 heterocycles. The van der Waals surface area contributed by atoms with Crippen LogP contribution in [0, 0.1) is 30.2 Å². The number of carbonyl (C=O) groups is 1. The highest BCUT2D eigenvalue weighted by atomic mass is 19.2. The van der Waals surface area contributed by atoms with Crippen LogP contribution in [0.5, 0.6) is 5.75 Å². The summed E-state index contributed by atoms with van der Waals surface area (Å²) in [6.45, 7) is 2.33. The number of alkyl halides is 1. The van der Waals surface area contributed by atoms with Crippen LogP contribution in [0.15, 0.2) is 0 Å². The Hall–Kier alpha value is -1.86. The van der Waals surface area contributed by atoms with Crippen molar-refractivity contribution in [3.05, 3.63) is 28.8 Å². The molecule has 8 heteroatoms. The molecule has 108 valence electrons. The molecule has 19 heavy (non-hydrogen) atoms. The van der Waals surface area contributed by atoms with E-state index in [1.807, 2.05) is 0 Å². The quantitative estimate of drug-likeness (QED) is 0.273. The van der Waals surface area contributed by atoms with E-state index in [9.17, 15) is 26.7 Å². The van der Waals surface area contributed by atoms with E-state index in [0.717, 1.165) is 6.92 Å². The van der Waals surface area contributed by atoms with E-state index in [1.165, 1.54) is 6.92 Å². The molecule has 0 radical (unpaired) electrons. The first-order chi connectivity index (χ1) is 8.90. The molecule has 0 aliphatic rings. The van der Waals surface area contributed by atoms with Crippen molar-refractivity contribution < 1.29 is 36.2 Å². The van der Waals surface area contributed by atoms with Gasteiger partial charge in [0, 0.05) is 5.56 Å². The van der Waals surface area contributed by atoms with Crippen LogP contribution in [0.2, 0.25) is 0 Å². The van der Waals surface area contributed by atoms with E-state index >= 15 is 0 Å². The number of benzene rings is 1. The van der Waals surface area contributed by atoms with Crippen LogP contribution in [-0.2, 0) is 4.74 Å². The number of halogens is 5. The smallest absolute Gasteiger partial charge is 0.434 e. The van der Waals surface area contributed by atoms with E-state index < -0.39 is 40.7 Å². The standard InChI is InChI=1S/C10H8F4O3.CH3F/c1-3-16-10(15)17-9-4(2)5(11)6(12)7(13)8(9)14;1-2/h3H2,1-2H3;1H3. The molecule has 0 saturated carbocycles. The molecule has 0 fully saturated rings. The van der Waals surface area contributed by atoms with Gasteiger partial charge in [-0.3, -0.25) is 4.39 Å². The van der Waals surface area contributed by atoms with E-state index in [-0.39, 0.29) is 6.61 Å². The largest absolute Gasteiger partial charge is 0.513 e. The van der Waals surface area contributed by atoms with Gasteiger partial charge < -0.3 is 9.47 Å². The number of hydrogen-bond donors (Lipinski definition) is 0. The van der Waals surface area contributed by atoms with Crippen LogP contribution in [0.1, 0.15) is 12.5 Å². The van der Waals surface area contributed by atoms with Gasteiger partial charge in [0.15, 0.2) is 17.4 Å². The zero-order chi connectivity index (χ0) is 15.2. The maximum atomic E-state index is 13.2. The molecule has 0 aromatic heterocycles. The molecule has 3 nitrogen and oxygen atoms in total. The first kappa shape index (κ1) is 17.1. The second-order valence-corrected chi connectivity index (χ2v) is 3.00. The van der Waals surface area contributed by atoms with Crippen LogP contribution < -0.4 is 4.74 Å². The fourth-order valence-electron chi connectivity index (χ4n) is 1.07. The topological polar surface area (TPSA) is 35.5 Å². The fraction of sp³-hybridized carbons (Fsp3) is 0.364. The summed E-state index contributed by atoms with van der Waals surface area (Å²) in [5.41, 5.74) is -0.658. The predicted octanol–water partition coefficient (Wildman–Crippen LogP) is 3.67. The Balaban J connectivity index is 0.00000154. The summed E-state index contributed by atoms with van der Waals surface area (Å²) in [7, 11) is 0.500. The van der Waals surface area contributed by atoms with Gasteiger partial charge in [0.25, 0.3) is 0 Å². The lowest BCUT2D eigenvalue weighted by atomic mass is 10.2. The first-order valence-electron chi connectivity index (χ1n) is 4.95. The summed E-state index contributed by atoms with van der Waals surface area (Å²) in [5.74, 6) is -8.44. The zero-order valence-corrected chi connectivity index (χ0v) is 10.3. The van der Waals surface area contributed by atoms with Crippen LogP contribution in [0.3, 0.4) is 0 Å². The summed E-state index contributed by atoms with van der Waals surface area (Å²) in [6.07, 6.45) is -1.33. The minimum atomic E-state index is -2.05. The van der Waals surface area contributed by atoms with Crippen molar-refractivity contribution in [2.75, 3.05) is 13.8 Å². The van der Waals surface area contributed by atoms with E-state index in [1.54, 1.807) is 0 Å². The number of ether oxygens (including phenoxy) is 2. The monoisotopic (exact) mass is 286 g/mol. The van der Waals surface area contributed by atoms with Gasteiger partial charge >= 0.3 is 6.16 Å². The summed E-state index contributed by atoms with van der Waals surface area (Å²) >= 11 is 0. The third kappa shape index (κ3) is 3.80. The molecular weight excluding hydrogens is 275 g/mol.